The van der Waals surface area contributed by atoms with Crippen LogP contribution in [0.4, 0.5) is 0 Å². The molecule has 160 valence electrons. The SMILES string of the molecule is C=C1CC2C3CCC(=O)C3(C)CCC2C2(COC(C)=O)CCC(=NC)[C@H](CC)C12. The molecule has 0 spiro atoms. The zero-order chi connectivity index (χ0) is 21.0. The predicted molar refractivity (Wildman–Crippen MR) is 115 cm³/mol. The maximum Gasteiger partial charge on any atom is 0.302 e. The van der Waals surface area contributed by atoms with Crippen molar-refractivity contribution in [3.05, 3.63) is 12.2 Å². The van der Waals surface area contributed by atoms with Crippen molar-refractivity contribution in [2.45, 2.75) is 72.1 Å². The summed E-state index contributed by atoms with van der Waals surface area (Å²) >= 11 is 0. The molecule has 0 aromatic carbocycles. The number of fused-ring (bicyclic) bond motifs is 5. The van der Waals surface area contributed by atoms with Crippen molar-refractivity contribution in [3.8, 4) is 0 Å². The predicted octanol–water partition coefficient (Wildman–Crippen LogP) is 5.01. The summed E-state index contributed by atoms with van der Waals surface area (Å²) in [5.41, 5.74) is 2.43. The number of esters is 1. The van der Waals surface area contributed by atoms with E-state index in [1.165, 1.54) is 18.2 Å². The Bertz CT molecular complexity index is 755. The maximum atomic E-state index is 12.7. The molecule has 6 unspecified atom stereocenters. The van der Waals surface area contributed by atoms with Crippen LogP contribution in [-0.4, -0.2) is 31.1 Å². The van der Waals surface area contributed by atoms with Crippen LogP contribution in [0.5, 0.6) is 0 Å². The van der Waals surface area contributed by atoms with E-state index >= 15 is 0 Å². The molecule has 4 nitrogen and oxygen atoms in total. The molecule has 0 heterocycles. The van der Waals surface area contributed by atoms with Crippen molar-refractivity contribution in [2.75, 3.05) is 13.7 Å². The molecule has 4 fully saturated rings. The molecule has 4 saturated carbocycles. The third-order valence-corrected chi connectivity index (χ3v) is 9.39. The highest BCUT2D eigenvalue weighted by Gasteiger charge is 2.64. The standard InChI is InChI=1S/C25H37NO3/c1-6-17-21(26-5)10-12-25(14-29-16(3)27)20-9-11-24(4)19(7-8-22(24)28)18(20)13-15(2)23(17)25/h17-20,23H,2,6-14H2,1,3-5H3/t17-,18?,19?,20?,23?,24?,25?/m0/s1. The van der Waals surface area contributed by atoms with Gasteiger partial charge in [-0.05, 0) is 68.6 Å². The highest BCUT2D eigenvalue weighted by atomic mass is 16.5. The van der Waals surface area contributed by atoms with Crippen molar-refractivity contribution in [1.82, 2.24) is 0 Å². The molecule has 4 heteroatoms. The van der Waals surface area contributed by atoms with Gasteiger partial charge in [0.05, 0.1) is 6.61 Å². The van der Waals surface area contributed by atoms with Crippen LogP contribution in [0.2, 0.25) is 0 Å². The van der Waals surface area contributed by atoms with E-state index in [9.17, 15) is 9.59 Å². The molecule has 0 bridgehead atoms. The molecule has 7 atom stereocenters. The summed E-state index contributed by atoms with van der Waals surface area (Å²) in [5.74, 6) is 2.48. The van der Waals surface area contributed by atoms with E-state index in [1.807, 2.05) is 7.05 Å². The van der Waals surface area contributed by atoms with Gasteiger partial charge in [0.2, 0.25) is 0 Å². The summed E-state index contributed by atoms with van der Waals surface area (Å²) in [7, 11) is 1.92. The molecular weight excluding hydrogens is 362 g/mol. The third-order valence-electron chi connectivity index (χ3n) is 9.39. The Morgan fingerprint density at radius 3 is 2.66 bits per heavy atom. The summed E-state index contributed by atoms with van der Waals surface area (Å²) in [5, 5.41) is 0. The minimum atomic E-state index is -0.189. The smallest absolute Gasteiger partial charge is 0.302 e. The van der Waals surface area contributed by atoms with E-state index in [-0.39, 0.29) is 16.8 Å². The van der Waals surface area contributed by atoms with Gasteiger partial charge in [-0.25, -0.2) is 0 Å². The molecule has 4 rings (SSSR count). The number of ketones is 1. The van der Waals surface area contributed by atoms with Gasteiger partial charge in [-0.1, -0.05) is 26.0 Å². The molecule has 4 aliphatic carbocycles. The largest absolute Gasteiger partial charge is 0.465 e. The average molecular weight is 400 g/mol. The summed E-state index contributed by atoms with van der Waals surface area (Å²) < 4.78 is 5.77. The van der Waals surface area contributed by atoms with Crippen LogP contribution in [0.1, 0.15) is 72.1 Å². The highest BCUT2D eigenvalue weighted by molar-refractivity contribution is 5.89. The fraction of sp³-hybridized carbons (Fsp3) is 0.800. The molecule has 0 aliphatic heterocycles. The van der Waals surface area contributed by atoms with E-state index in [4.69, 9.17) is 4.74 Å². The van der Waals surface area contributed by atoms with E-state index < -0.39 is 0 Å². The van der Waals surface area contributed by atoms with Gasteiger partial charge in [-0.15, -0.1) is 0 Å². The fourth-order valence-corrected chi connectivity index (χ4v) is 8.14. The Kier molecular flexibility index (Phi) is 5.28. The van der Waals surface area contributed by atoms with E-state index in [0.29, 0.717) is 42.0 Å². The Morgan fingerprint density at radius 1 is 1.24 bits per heavy atom. The van der Waals surface area contributed by atoms with Crippen LogP contribution in [-0.2, 0) is 14.3 Å². The van der Waals surface area contributed by atoms with Gasteiger partial charge >= 0.3 is 5.97 Å². The second-order valence-corrected chi connectivity index (χ2v) is 10.4. The number of Topliss-reactive ketones (excluding diaryl/α,β-unsaturated/α-hetero) is 1. The van der Waals surface area contributed by atoms with E-state index in [0.717, 1.165) is 51.4 Å². The van der Waals surface area contributed by atoms with Gasteiger partial charge in [0.15, 0.2) is 0 Å². The lowest BCUT2D eigenvalue weighted by atomic mass is 9.42. The number of carbonyl (C=O) groups is 2. The van der Waals surface area contributed by atoms with Crippen LogP contribution in [0.15, 0.2) is 17.1 Å². The summed E-state index contributed by atoms with van der Waals surface area (Å²) in [6.07, 6.45) is 7.91. The monoisotopic (exact) mass is 399 g/mol. The molecule has 0 N–H and O–H groups in total. The minimum Gasteiger partial charge on any atom is -0.465 e. The van der Waals surface area contributed by atoms with Crippen molar-refractivity contribution >= 4 is 17.5 Å². The van der Waals surface area contributed by atoms with Crippen LogP contribution in [0.25, 0.3) is 0 Å². The van der Waals surface area contributed by atoms with Gasteiger partial charge in [-0.3, -0.25) is 14.6 Å². The Balaban J connectivity index is 1.77. The van der Waals surface area contributed by atoms with Gasteiger partial charge in [0.1, 0.15) is 5.78 Å². The molecule has 0 saturated heterocycles. The second-order valence-electron chi connectivity index (χ2n) is 10.4. The van der Waals surface area contributed by atoms with Crippen molar-refractivity contribution in [2.24, 2.45) is 45.4 Å². The number of ether oxygens (including phenoxy) is 1. The van der Waals surface area contributed by atoms with Gasteiger partial charge in [0.25, 0.3) is 0 Å². The van der Waals surface area contributed by atoms with Gasteiger partial charge in [-0.2, -0.15) is 0 Å². The summed E-state index contributed by atoms with van der Waals surface area (Å²) in [6.45, 7) is 11.1. The first-order valence-electron chi connectivity index (χ1n) is 11.6. The van der Waals surface area contributed by atoms with E-state index in [1.54, 1.807) is 0 Å². The van der Waals surface area contributed by atoms with Crippen molar-refractivity contribution in [3.63, 3.8) is 0 Å². The molecule has 0 amide bonds. The zero-order valence-corrected chi connectivity index (χ0v) is 18.6. The number of allylic oxidation sites excluding steroid dienone is 1. The van der Waals surface area contributed by atoms with Gasteiger partial charge < -0.3 is 4.74 Å². The lowest BCUT2D eigenvalue weighted by molar-refractivity contribution is -0.160. The Hall–Kier alpha value is -1.45. The second kappa shape index (κ2) is 7.35. The maximum absolute atomic E-state index is 12.7. The van der Waals surface area contributed by atoms with Crippen LogP contribution in [0.3, 0.4) is 0 Å². The summed E-state index contributed by atoms with van der Waals surface area (Å²) in [4.78, 5) is 29.2. The van der Waals surface area contributed by atoms with Crippen molar-refractivity contribution in [1.29, 1.82) is 0 Å². The third kappa shape index (κ3) is 2.96. The quantitative estimate of drug-likeness (QED) is 0.495. The minimum absolute atomic E-state index is 0.0481. The van der Waals surface area contributed by atoms with Crippen LogP contribution in [0, 0.1) is 40.4 Å². The lowest BCUT2D eigenvalue weighted by Crippen LogP contribution is -2.59. The van der Waals surface area contributed by atoms with Crippen molar-refractivity contribution < 1.29 is 14.3 Å². The Morgan fingerprint density at radius 2 is 2.00 bits per heavy atom. The topological polar surface area (TPSA) is 55.7 Å². The number of rotatable bonds is 3. The molecule has 29 heavy (non-hydrogen) atoms. The summed E-state index contributed by atoms with van der Waals surface area (Å²) in [6, 6.07) is 0. The van der Waals surface area contributed by atoms with Crippen LogP contribution >= 0.6 is 0 Å². The first-order valence-corrected chi connectivity index (χ1v) is 11.6. The zero-order valence-electron chi connectivity index (χ0n) is 18.6. The number of aliphatic imine (C=N–C) groups is 1. The first kappa shape index (κ1) is 20.8. The van der Waals surface area contributed by atoms with Crippen LogP contribution < -0.4 is 0 Å². The highest BCUT2D eigenvalue weighted by Crippen LogP contribution is 2.67. The average Bonchev–Trinajstić information content (AvgIpc) is 3.00. The molecule has 0 radical (unpaired) electrons. The molecule has 4 aliphatic rings. The Labute approximate surface area is 175 Å². The fourth-order valence-electron chi connectivity index (χ4n) is 8.14. The molecule has 0 aromatic rings. The number of hydrogen-bond acceptors (Lipinski definition) is 4. The molecule has 0 aromatic heterocycles. The molecular formula is C25H37NO3. The normalized spacial score (nSPS) is 45.5. The van der Waals surface area contributed by atoms with E-state index in [2.05, 4.69) is 25.4 Å². The number of nitrogens with zero attached hydrogens (tertiary/aromatic N) is 1. The lowest BCUT2D eigenvalue weighted by Gasteiger charge is -2.62. The number of hydrogen-bond donors (Lipinski definition) is 0. The number of carbonyl (C=O) groups excluding carboxylic acids is 2. The van der Waals surface area contributed by atoms with Gasteiger partial charge in [0, 0.05) is 42.9 Å². The first-order chi connectivity index (χ1) is 13.8.